The highest BCUT2D eigenvalue weighted by Crippen LogP contribution is 2.19. The lowest BCUT2D eigenvalue weighted by molar-refractivity contribution is -0.143. The van der Waals surface area contributed by atoms with E-state index in [0.29, 0.717) is 19.4 Å². The van der Waals surface area contributed by atoms with E-state index in [9.17, 15) is 33.9 Å². The van der Waals surface area contributed by atoms with E-state index < -0.39 is 79.0 Å². The quantitative estimate of drug-likeness (QED) is 0.0922. The minimum Gasteiger partial charge on any atom is -0.481 e. The molecule has 1 heterocycles. The molecular formula is C26H37N7O8. The number of aromatic amines is 1. The van der Waals surface area contributed by atoms with Crippen molar-refractivity contribution in [3.63, 3.8) is 0 Å². The molecule has 0 saturated carbocycles. The fraction of sp³-hybridized carbons (Fsp3) is 0.462. The summed E-state index contributed by atoms with van der Waals surface area (Å²) in [6.45, 7) is 0.335. The molecule has 1 aromatic carbocycles. The van der Waals surface area contributed by atoms with Crippen LogP contribution in [0.15, 0.2) is 30.5 Å². The van der Waals surface area contributed by atoms with Gasteiger partial charge in [-0.05, 0) is 50.3 Å². The fourth-order valence-corrected chi connectivity index (χ4v) is 4.15. The van der Waals surface area contributed by atoms with E-state index in [-0.39, 0.29) is 12.8 Å². The SMILES string of the molecule is NCCCCC(NC(=O)C(N)Cc1c[nH]c2ccccc12)C(=O)NC(CC(N)=O)C(=O)NC(CCC(=O)O)C(=O)O. The number of amides is 4. The minimum absolute atomic E-state index is 0.135. The van der Waals surface area contributed by atoms with Crippen molar-refractivity contribution in [2.45, 2.75) is 69.1 Å². The summed E-state index contributed by atoms with van der Waals surface area (Å²) in [5, 5.41) is 26.1. The van der Waals surface area contributed by atoms with E-state index in [4.69, 9.17) is 22.3 Å². The predicted molar refractivity (Wildman–Crippen MR) is 147 cm³/mol. The first-order valence-electron chi connectivity index (χ1n) is 13.1. The Balaban J connectivity index is 2.14. The molecule has 0 spiro atoms. The van der Waals surface area contributed by atoms with E-state index in [1.165, 1.54) is 0 Å². The number of primary amides is 1. The number of rotatable bonds is 18. The number of benzene rings is 1. The molecular weight excluding hydrogens is 538 g/mol. The van der Waals surface area contributed by atoms with Crippen molar-refractivity contribution in [3.8, 4) is 0 Å². The van der Waals surface area contributed by atoms with Crippen LogP contribution in [0.4, 0.5) is 0 Å². The van der Waals surface area contributed by atoms with Crippen LogP contribution in [0.25, 0.3) is 10.9 Å². The van der Waals surface area contributed by atoms with Crippen LogP contribution in [0.3, 0.4) is 0 Å². The number of H-pyrrole nitrogens is 1. The third-order valence-electron chi connectivity index (χ3n) is 6.33. The Morgan fingerprint density at radius 2 is 1.49 bits per heavy atom. The van der Waals surface area contributed by atoms with Crippen molar-refractivity contribution in [2.75, 3.05) is 6.54 Å². The number of aliphatic carboxylic acids is 2. The highest BCUT2D eigenvalue weighted by atomic mass is 16.4. The minimum atomic E-state index is -1.59. The van der Waals surface area contributed by atoms with Crippen molar-refractivity contribution in [3.05, 3.63) is 36.0 Å². The van der Waals surface area contributed by atoms with Crippen LogP contribution in [0.2, 0.25) is 0 Å². The number of nitrogens with two attached hydrogens (primary N) is 3. The summed E-state index contributed by atoms with van der Waals surface area (Å²) in [7, 11) is 0. The summed E-state index contributed by atoms with van der Waals surface area (Å²) in [4.78, 5) is 76.0. The lowest BCUT2D eigenvalue weighted by Crippen LogP contribution is -2.57. The number of carbonyl (C=O) groups is 6. The molecule has 4 unspecified atom stereocenters. The standard InChI is InChI=1S/C26H37N7O8/c27-10-4-3-7-18(31-23(37)16(28)11-14-13-30-17-6-2-1-5-15(14)17)24(38)33-20(12-21(29)34)25(39)32-19(26(40)41)8-9-22(35)36/h1-2,5-6,13,16,18-20,30H,3-4,7-12,27-28H2,(H2,29,34)(H,31,37)(H,32,39)(H,33,38)(H,35,36)(H,40,41). The Bertz CT molecular complexity index is 1250. The molecule has 15 nitrogen and oxygen atoms in total. The average Bonchev–Trinajstić information content (AvgIpc) is 3.31. The van der Waals surface area contributed by atoms with Crippen LogP contribution in [-0.4, -0.2) is 81.5 Å². The van der Waals surface area contributed by atoms with Crippen LogP contribution in [0, 0.1) is 0 Å². The summed E-state index contributed by atoms with van der Waals surface area (Å²) in [6.07, 6.45) is 1.38. The highest BCUT2D eigenvalue weighted by Gasteiger charge is 2.31. The van der Waals surface area contributed by atoms with Crippen molar-refractivity contribution in [1.29, 1.82) is 0 Å². The lowest BCUT2D eigenvalue weighted by atomic mass is 10.0. The molecule has 224 valence electrons. The van der Waals surface area contributed by atoms with Gasteiger partial charge in [0.1, 0.15) is 18.1 Å². The van der Waals surface area contributed by atoms with Crippen LogP contribution < -0.4 is 33.2 Å². The normalized spacial score (nSPS) is 13.9. The van der Waals surface area contributed by atoms with Gasteiger partial charge in [-0.1, -0.05) is 18.2 Å². The Kier molecular flexibility index (Phi) is 12.7. The molecule has 0 saturated heterocycles. The van der Waals surface area contributed by atoms with E-state index >= 15 is 0 Å². The summed E-state index contributed by atoms with van der Waals surface area (Å²) in [6, 6.07) is 2.13. The number of carboxylic acid groups (broad SMARTS) is 2. The number of unbranched alkanes of at least 4 members (excludes halogenated alkanes) is 1. The molecule has 4 amide bonds. The van der Waals surface area contributed by atoms with Gasteiger partial charge in [-0.2, -0.15) is 0 Å². The van der Waals surface area contributed by atoms with Gasteiger partial charge in [-0.3, -0.25) is 24.0 Å². The third-order valence-corrected chi connectivity index (χ3v) is 6.33. The first-order valence-corrected chi connectivity index (χ1v) is 13.1. The third kappa shape index (κ3) is 10.5. The second-order valence-corrected chi connectivity index (χ2v) is 9.58. The zero-order valence-electron chi connectivity index (χ0n) is 22.4. The van der Waals surface area contributed by atoms with Crippen molar-refractivity contribution >= 4 is 46.5 Å². The first-order chi connectivity index (χ1) is 19.4. The topological polar surface area (TPSA) is 273 Å². The van der Waals surface area contributed by atoms with Crippen LogP contribution in [-0.2, 0) is 35.2 Å². The molecule has 0 aliphatic carbocycles. The van der Waals surface area contributed by atoms with E-state index in [1.54, 1.807) is 6.20 Å². The first kappa shape index (κ1) is 32.7. The number of nitrogens with one attached hydrogen (secondary N) is 4. The number of hydrogen-bond donors (Lipinski definition) is 9. The summed E-state index contributed by atoms with van der Waals surface area (Å²) >= 11 is 0. The monoisotopic (exact) mass is 575 g/mol. The zero-order chi connectivity index (χ0) is 30.5. The molecule has 0 aliphatic rings. The average molecular weight is 576 g/mol. The van der Waals surface area contributed by atoms with Gasteiger partial charge in [0.25, 0.3) is 0 Å². The van der Waals surface area contributed by atoms with Gasteiger partial charge in [0.05, 0.1) is 12.5 Å². The molecule has 0 bridgehead atoms. The number of carbonyl (C=O) groups excluding carboxylic acids is 4. The van der Waals surface area contributed by atoms with Gasteiger partial charge >= 0.3 is 11.9 Å². The maximum Gasteiger partial charge on any atom is 0.326 e. The fourth-order valence-electron chi connectivity index (χ4n) is 4.15. The molecule has 41 heavy (non-hydrogen) atoms. The maximum absolute atomic E-state index is 13.2. The van der Waals surface area contributed by atoms with E-state index in [0.717, 1.165) is 16.5 Å². The summed E-state index contributed by atoms with van der Waals surface area (Å²) in [5.74, 6) is -6.25. The molecule has 4 atom stereocenters. The van der Waals surface area contributed by atoms with Crippen molar-refractivity contribution < 1.29 is 39.0 Å². The lowest BCUT2D eigenvalue weighted by Gasteiger charge is -2.24. The second kappa shape index (κ2) is 15.9. The number of carboxylic acids is 2. The zero-order valence-corrected chi connectivity index (χ0v) is 22.4. The number of aromatic nitrogens is 1. The summed E-state index contributed by atoms with van der Waals surface area (Å²) in [5.41, 5.74) is 18.6. The van der Waals surface area contributed by atoms with Crippen molar-refractivity contribution in [1.82, 2.24) is 20.9 Å². The van der Waals surface area contributed by atoms with Gasteiger partial charge in [0, 0.05) is 23.5 Å². The molecule has 0 fully saturated rings. The highest BCUT2D eigenvalue weighted by molar-refractivity contribution is 5.96. The predicted octanol–water partition coefficient (Wildman–Crippen LogP) is -1.55. The largest absolute Gasteiger partial charge is 0.481 e. The summed E-state index contributed by atoms with van der Waals surface area (Å²) < 4.78 is 0. The Hall–Kier alpha value is -4.50. The van der Waals surface area contributed by atoms with Crippen LogP contribution in [0.5, 0.6) is 0 Å². The molecule has 15 heteroatoms. The molecule has 2 aromatic rings. The van der Waals surface area contributed by atoms with Gasteiger partial charge in [0.15, 0.2) is 0 Å². The van der Waals surface area contributed by atoms with Gasteiger partial charge in [-0.15, -0.1) is 0 Å². The molecule has 12 N–H and O–H groups in total. The maximum atomic E-state index is 13.2. The van der Waals surface area contributed by atoms with Gasteiger partial charge in [0.2, 0.25) is 23.6 Å². The molecule has 0 aliphatic heterocycles. The molecule has 1 aromatic heterocycles. The van der Waals surface area contributed by atoms with Crippen LogP contribution in [0.1, 0.15) is 44.1 Å². The molecule has 2 rings (SSSR count). The Morgan fingerprint density at radius 1 is 0.854 bits per heavy atom. The van der Waals surface area contributed by atoms with Gasteiger partial charge < -0.3 is 48.3 Å². The Labute approximate surface area is 235 Å². The number of fused-ring (bicyclic) bond motifs is 1. The second-order valence-electron chi connectivity index (χ2n) is 9.58. The molecule has 0 radical (unpaired) electrons. The smallest absolute Gasteiger partial charge is 0.326 e. The number of para-hydroxylation sites is 1. The van der Waals surface area contributed by atoms with Gasteiger partial charge in [-0.25, -0.2) is 4.79 Å². The van der Waals surface area contributed by atoms with Crippen LogP contribution >= 0.6 is 0 Å². The number of hydrogen-bond acceptors (Lipinski definition) is 8. The van der Waals surface area contributed by atoms with Crippen molar-refractivity contribution in [2.24, 2.45) is 17.2 Å². The van der Waals surface area contributed by atoms with E-state index in [2.05, 4.69) is 20.9 Å². The Morgan fingerprint density at radius 3 is 2.12 bits per heavy atom. The van der Waals surface area contributed by atoms with E-state index in [1.807, 2.05) is 24.3 Å².